The Labute approximate surface area is 100 Å². The number of rotatable bonds is 3. The van der Waals surface area contributed by atoms with Gasteiger partial charge in [0.25, 0.3) is 5.24 Å². The second kappa shape index (κ2) is 4.18. The van der Waals surface area contributed by atoms with Gasteiger partial charge in [0.15, 0.2) is 11.6 Å². The monoisotopic (exact) mass is 255 g/mol. The average molecular weight is 256 g/mol. The van der Waals surface area contributed by atoms with E-state index in [1.165, 1.54) is 25.4 Å². The zero-order valence-electron chi connectivity index (χ0n) is 8.71. The topological polar surface area (TPSA) is 59.2 Å². The highest BCUT2D eigenvalue weighted by Crippen LogP contribution is 2.27. The van der Waals surface area contributed by atoms with Crippen molar-refractivity contribution >= 4 is 33.5 Å². The van der Waals surface area contributed by atoms with E-state index in [1.807, 2.05) is 0 Å². The third-order valence-electron chi connectivity index (χ3n) is 2.38. The third kappa shape index (κ3) is 1.89. The third-order valence-corrected chi connectivity index (χ3v) is 2.55. The fourth-order valence-electron chi connectivity index (χ4n) is 1.57. The summed E-state index contributed by atoms with van der Waals surface area (Å²) in [6, 6.07) is 2.53. The van der Waals surface area contributed by atoms with Crippen LogP contribution in [-0.2, 0) is 4.79 Å². The molecule has 0 unspecified atom stereocenters. The van der Waals surface area contributed by atoms with E-state index in [1.54, 1.807) is 0 Å². The van der Waals surface area contributed by atoms with E-state index in [9.17, 15) is 14.0 Å². The lowest BCUT2D eigenvalue weighted by molar-refractivity contribution is -0.108. The molecule has 1 aromatic heterocycles. The minimum absolute atomic E-state index is 0.00632. The highest BCUT2D eigenvalue weighted by Gasteiger charge is 2.19. The number of halogens is 2. The van der Waals surface area contributed by atoms with E-state index in [2.05, 4.69) is 4.98 Å². The molecule has 2 rings (SSSR count). The van der Waals surface area contributed by atoms with E-state index in [0.29, 0.717) is 10.9 Å². The van der Waals surface area contributed by atoms with Gasteiger partial charge in [0.05, 0.1) is 12.7 Å². The van der Waals surface area contributed by atoms with Crippen LogP contribution < -0.4 is 4.74 Å². The number of H-pyrrole nitrogens is 1. The number of carbonyl (C=O) groups is 2. The minimum atomic E-state index is -1.09. The smallest absolute Gasteiger partial charge is 0.293 e. The number of ether oxygens (including phenoxy) is 1. The molecule has 1 heterocycles. The summed E-state index contributed by atoms with van der Waals surface area (Å²) >= 11 is 5.12. The number of nitrogens with one attached hydrogen (secondary N) is 1. The van der Waals surface area contributed by atoms with Gasteiger partial charge in [0.2, 0.25) is 5.78 Å². The summed E-state index contributed by atoms with van der Waals surface area (Å²) in [7, 11) is 1.31. The van der Waals surface area contributed by atoms with Crippen LogP contribution in [0, 0.1) is 5.82 Å². The molecule has 0 saturated carbocycles. The van der Waals surface area contributed by atoms with Gasteiger partial charge in [-0.3, -0.25) is 9.59 Å². The molecule has 0 atom stereocenters. The number of hydrogen-bond acceptors (Lipinski definition) is 3. The van der Waals surface area contributed by atoms with Crippen molar-refractivity contribution in [1.29, 1.82) is 0 Å². The molecular weight excluding hydrogens is 249 g/mol. The molecule has 2 aromatic rings. The van der Waals surface area contributed by atoms with Crippen molar-refractivity contribution in [2.75, 3.05) is 7.11 Å². The van der Waals surface area contributed by atoms with Crippen LogP contribution in [0.2, 0.25) is 0 Å². The molecule has 0 fully saturated rings. The molecule has 6 heteroatoms. The SMILES string of the molecule is COc1cc2c(C(=O)C(=O)Cl)c[nH]c2cc1F. The predicted molar refractivity (Wildman–Crippen MR) is 60.0 cm³/mol. The van der Waals surface area contributed by atoms with E-state index < -0.39 is 16.8 Å². The molecular formula is C11H7ClFNO3. The quantitative estimate of drug-likeness (QED) is 0.520. The zero-order valence-corrected chi connectivity index (χ0v) is 9.47. The summed E-state index contributed by atoms with van der Waals surface area (Å²) in [5, 5.41) is -0.698. The maximum absolute atomic E-state index is 13.4. The second-order valence-electron chi connectivity index (χ2n) is 3.34. The van der Waals surface area contributed by atoms with Gasteiger partial charge in [-0.2, -0.15) is 0 Å². The summed E-state index contributed by atoms with van der Waals surface area (Å²) in [6.07, 6.45) is 1.31. The first kappa shape index (κ1) is 11.6. The van der Waals surface area contributed by atoms with E-state index >= 15 is 0 Å². The molecule has 0 spiro atoms. The Morgan fingerprint density at radius 1 is 1.41 bits per heavy atom. The Balaban J connectivity index is 2.67. The fourth-order valence-corrected chi connectivity index (χ4v) is 1.68. The van der Waals surface area contributed by atoms with Gasteiger partial charge in [-0.25, -0.2) is 4.39 Å². The van der Waals surface area contributed by atoms with Crippen LogP contribution in [0.3, 0.4) is 0 Å². The zero-order chi connectivity index (χ0) is 12.6. The first-order chi connectivity index (χ1) is 8.04. The van der Waals surface area contributed by atoms with Crippen LogP contribution in [0.15, 0.2) is 18.3 Å². The Bertz CT molecular complexity index is 620. The number of carbonyl (C=O) groups excluding carboxylic acids is 2. The fraction of sp³-hybridized carbons (Fsp3) is 0.0909. The minimum Gasteiger partial charge on any atom is -0.494 e. The number of methoxy groups -OCH3 is 1. The molecule has 0 bridgehead atoms. The van der Waals surface area contributed by atoms with E-state index in [4.69, 9.17) is 16.3 Å². The Morgan fingerprint density at radius 3 is 2.71 bits per heavy atom. The van der Waals surface area contributed by atoms with E-state index in [0.717, 1.165) is 0 Å². The Hall–Kier alpha value is -1.88. The normalized spacial score (nSPS) is 10.5. The van der Waals surface area contributed by atoms with Crippen molar-refractivity contribution in [3.05, 3.63) is 29.7 Å². The lowest BCUT2D eigenvalue weighted by Gasteiger charge is -2.02. The van der Waals surface area contributed by atoms with Crippen molar-refractivity contribution < 1.29 is 18.7 Å². The summed E-state index contributed by atoms with van der Waals surface area (Å²) < 4.78 is 18.2. The molecule has 17 heavy (non-hydrogen) atoms. The standard InChI is InChI=1S/C11H7ClFNO3/c1-17-9-2-5-6(10(15)11(12)16)4-14-8(5)3-7(9)13/h2-4,14H,1H3. The highest BCUT2D eigenvalue weighted by molar-refractivity contribution is 6.83. The van der Waals surface area contributed by atoms with Crippen LogP contribution in [0.25, 0.3) is 10.9 Å². The van der Waals surface area contributed by atoms with Crippen molar-refractivity contribution in [3.63, 3.8) is 0 Å². The summed E-state index contributed by atoms with van der Waals surface area (Å²) in [4.78, 5) is 25.0. The number of ketones is 1. The molecule has 0 aliphatic carbocycles. The second-order valence-corrected chi connectivity index (χ2v) is 3.68. The molecule has 1 aromatic carbocycles. The molecule has 0 saturated heterocycles. The molecule has 0 aliphatic heterocycles. The van der Waals surface area contributed by atoms with Crippen molar-refractivity contribution in [1.82, 2.24) is 4.98 Å². The van der Waals surface area contributed by atoms with Gasteiger partial charge >= 0.3 is 0 Å². The van der Waals surface area contributed by atoms with E-state index in [-0.39, 0.29) is 11.3 Å². The first-order valence-electron chi connectivity index (χ1n) is 4.63. The van der Waals surface area contributed by atoms with Gasteiger partial charge in [-0.05, 0) is 17.7 Å². The summed E-state index contributed by atoms with van der Waals surface area (Å²) in [5.41, 5.74) is 0.489. The van der Waals surface area contributed by atoms with Crippen LogP contribution in [0.4, 0.5) is 4.39 Å². The lowest BCUT2D eigenvalue weighted by atomic mass is 10.1. The molecule has 88 valence electrons. The largest absolute Gasteiger partial charge is 0.494 e. The molecule has 0 aliphatic rings. The van der Waals surface area contributed by atoms with Crippen LogP contribution in [0.1, 0.15) is 10.4 Å². The lowest BCUT2D eigenvalue weighted by Crippen LogP contribution is -2.06. The molecule has 0 radical (unpaired) electrons. The first-order valence-corrected chi connectivity index (χ1v) is 5.01. The summed E-state index contributed by atoms with van der Waals surface area (Å²) in [5.74, 6) is -1.40. The molecule has 1 N–H and O–H groups in total. The van der Waals surface area contributed by atoms with Gasteiger partial charge in [-0.1, -0.05) is 0 Å². The number of hydrogen-bond donors (Lipinski definition) is 1. The van der Waals surface area contributed by atoms with Crippen LogP contribution >= 0.6 is 11.6 Å². The number of fused-ring (bicyclic) bond motifs is 1. The van der Waals surface area contributed by atoms with Crippen molar-refractivity contribution in [3.8, 4) is 5.75 Å². The molecule has 0 amide bonds. The Kier molecular flexibility index (Phi) is 2.85. The van der Waals surface area contributed by atoms with Crippen molar-refractivity contribution in [2.24, 2.45) is 0 Å². The van der Waals surface area contributed by atoms with Crippen LogP contribution in [-0.4, -0.2) is 23.1 Å². The highest BCUT2D eigenvalue weighted by atomic mass is 35.5. The number of aromatic nitrogens is 1. The predicted octanol–water partition coefficient (Wildman–Crippen LogP) is 2.26. The average Bonchev–Trinajstić information content (AvgIpc) is 2.69. The summed E-state index contributed by atoms with van der Waals surface area (Å²) in [6.45, 7) is 0. The van der Waals surface area contributed by atoms with Gasteiger partial charge in [0.1, 0.15) is 0 Å². The molecule has 4 nitrogen and oxygen atoms in total. The number of benzene rings is 1. The number of Topliss-reactive ketones (excluding diaryl/α,β-unsaturated/α-hetero) is 1. The van der Waals surface area contributed by atoms with Crippen LogP contribution in [0.5, 0.6) is 5.75 Å². The van der Waals surface area contributed by atoms with Crippen molar-refractivity contribution in [2.45, 2.75) is 0 Å². The van der Waals surface area contributed by atoms with Gasteiger partial charge in [0, 0.05) is 23.2 Å². The van der Waals surface area contributed by atoms with Gasteiger partial charge < -0.3 is 9.72 Å². The van der Waals surface area contributed by atoms with Gasteiger partial charge in [-0.15, -0.1) is 0 Å². The Morgan fingerprint density at radius 2 is 2.12 bits per heavy atom. The number of aromatic amines is 1. The maximum atomic E-state index is 13.4. The maximum Gasteiger partial charge on any atom is 0.293 e.